The van der Waals surface area contributed by atoms with Crippen LogP contribution >= 0.6 is 0 Å². The number of hydrogen-bond acceptors (Lipinski definition) is 5. The minimum atomic E-state index is -1.45. The molecule has 0 fully saturated rings. The lowest BCUT2D eigenvalue weighted by molar-refractivity contribution is -0.171. The smallest absolute Gasteiger partial charge is 0.323 e. The topological polar surface area (TPSA) is 66.8 Å². The summed E-state index contributed by atoms with van der Waals surface area (Å²) in [6.45, 7) is 5.46. The molecule has 0 N–H and O–H groups in total. The molecule has 1 aromatic heterocycles. The molecule has 3 rings (SSSR count). The van der Waals surface area contributed by atoms with Gasteiger partial charge in [0.2, 0.25) is 0 Å². The van der Waals surface area contributed by atoms with Crippen molar-refractivity contribution >= 4 is 22.8 Å². The second-order valence-electron chi connectivity index (χ2n) is 8.02. The third-order valence-electron chi connectivity index (χ3n) is 5.89. The molecule has 6 nitrogen and oxygen atoms in total. The number of fused-ring (bicyclic) bond motifs is 1. The first-order valence-corrected chi connectivity index (χ1v) is 10.9. The summed E-state index contributed by atoms with van der Waals surface area (Å²) in [6, 6.07) is 15.8. The Morgan fingerprint density at radius 3 is 2.12 bits per heavy atom. The molecule has 2 aromatic carbocycles. The SMILES string of the molecule is CCOC(=O)C(C)(CC(c1ccc(OC)cc1)c1cn(C)c2ccccc12)C(=O)OCC. The van der Waals surface area contributed by atoms with Crippen LogP contribution in [0.2, 0.25) is 0 Å². The van der Waals surface area contributed by atoms with Crippen molar-refractivity contribution in [3.8, 4) is 5.75 Å². The molecule has 0 aliphatic heterocycles. The van der Waals surface area contributed by atoms with Crippen molar-refractivity contribution in [1.82, 2.24) is 4.57 Å². The number of aromatic nitrogens is 1. The van der Waals surface area contributed by atoms with Gasteiger partial charge in [0, 0.05) is 30.1 Å². The molecule has 6 heteroatoms. The number of carbonyl (C=O) groups is 2. The number of para-hydroxylation sites is 1. The molecule has 0 bridgehead atoms. The molecule has 0 saturated carbocycles. The van der Waals surface area contributed by atoms with Crippen molar-refractivity contribution in [3.63, 3.8) is 0 Å². The number of benzene rings is 2. The van der Waals surface area contributed by atoms with Crippen LogP contribution in [0.4, 0.5) is 0 Å². The van der Waals surface area contributed by atoms with Crippen LogP contribution in [0.15, 0.2) is 54.7 Å². The van der Waals surface area contributed by atoms with Gasteiger partial charge in [-0.05, 0) is 56.5 Å². The molecule has 0 aliphatic rings. The molecule has 0 amide bonds. The van der Waals surface area contributed by atoms with E-state index in [1.54, 1.807) is 27.9 Å². The lowest BCUT2D eigenvalue weighted by atomic mass is 9.75. The summed E-state index contributed by atoms with van der Waals surface area (Å²) in [5.41, 5.74) is 1.64. The number of carbonyl (C=O) groups excluding carboxylic acids is 2. The maximum absolute atomic E-state index is 13.0. The van der Waals surface area contributed by atoms with E-state index in [4.69, 9.17) is 14.2 Å². The van der Waals surface area contributed by atoms with Crippen LogP contribution in [0.1, 0.15) is 44.2 Å². The van der Waals surface area contributed by atoms with Crippen molar-refractivity contribution in [1.29, 1.82) is 0 Å². The highest BCUT2D eigenvalue weighted by Crippen LogP contribution is 2.42. The van der Waals surface area contributed by atoms with Crippen LogP contribution < -0.4 is 4.74 Å². The number of methoxy groups -OCH3 is 1. The zero-order valence-electron chi connectivity index (χ0n) is 19.4. The van der Waals surface area contributed by atoms with Crippen molar-refractivity contribution in [3.05, 3.63) is 65.9 Å². The Kier molecular flexibility index (Phi) is 7.23. The van der Waals surface area contributed by atoms with Gasteiger partial charge in [0.1, 0.15) is 5.75 Å². The summed E-state index contributed by atoms with van der Waals surface area (Å²) in [5, 5.41) is 1.07. The molecule has 1 unspecified atom stereocenters. The van der Waals surface area contributed by atoms with E-state index in [1.165, 1.54) is 0 Å². The predicted molar refractivity (Wildman–Crippen MR) is 124 cm³/mol. The first-order valence-electron chi connectivity index (χ1n) is 10.9. The standard InChI is InChI=1S/C26H31NO5/c1-6-31-24(28)26(3,25(29)32-7-2)16-21(18-12-14-19(30-5)15-13-18)22-17-27(4)23-11-9-8-10-20(22)23/h8-15,17,21H,6-7,16H2,1-5H3. The molecular formula is C26H31NO5. The van der Waals surface area contributed by atoms with Gasteiger partial charge in [-0.25, -0.2) is 0 Å². The molecule has 0 saturated heterocycles. The molecule has 0 radical (unpaired) electrons. The number of esters is 2. The average Bonchev–Trinajstić information content (AvgIpc) is 3.14. The summed E-state index contributed by atoms with van der Waals surface area (Å²) < 4.78 is 18.0. The van der Waals surface area contributed by atoms with Crippen molar-refractivity contribution in [2.24, 2.45) is 12.5 Å². The second kappa shape index (κ2) is 9.90. The van der Waals surface area contributed by atoms with Crippen molar-refractivity contribution in [2.75, 3.05) is 20.3 Å². The quantitative estimate of drug-likeness (QED) is 0.354. The Morgan fingerprint density at radius 2 is 1.56 bits per heavy atom. The maximum Gasteiger partial charge on any atom is 0.323 e. The third kappa shape index (κ3) is 4.49. The number of hydrogen-bond donors (Lipinski definition) is 0. The van der Waals surface area contributed by atoms with Crippen molar-refractivity contribution in [2.45, 2.75) is 33.1 Å². The normalized spacial score (nSPS) is 12.4. The van der Waals surface area contributed by atoms with Crippen LogP contribution in [-0.2, 0) is 26.1 Å². The van der Waals surface area contributed by atoms with Crippen LogP contribution in [0.5, 0.6) is 5.75 Å². The Balaban J connectivity index is 2.16. The molecule has 0 aliphatic carbocycles. The maximum atomic E-state index is 13.0. The number of rotatable bonds is 9. The van der Waals surface area contributed by atoms with Crippen LogP contribution in [0, 0.1) is 5.41 Å². The molecule has 1 heterocycles. The number of ether oxygens (including phenoxy) is 3. The van der Waals surface area contributed by atoms with Gasteiger partial charge in [0.25, 0.3) is 0 Å². The van der Waals surface area contributed by atoms with Gasteiger partial charge >= 0.3 is 11.9 Å². The fraction of sp³-hybridized carbons (Fsp3) is 0.385. The molecule has 0 spiro atoms. The highest BCUT2D eigenvalue weighted by atomic mass is 16.6. The Morgan fingerprint density at radius 1 is 0.969 bits per heavy atom. The van der Waals surface area contributed by atoms with Crippen LogP contribution in [-0.4, -0.2) is 36.8 Å². The third-order valence-corrected chi connectivity index (χ3v) is 5.89. The Labute approximate surface area is 189 Å². The summed E-state index contributed by atoms with van der Waals surface area (Å²) in [5.74, 6) is -0.649. The lowest BCUT2D eigenvalue weighted by Crippen LogP contribution is -2.41. The first kappa shape index (κ1) is 23.4. The van der Waals surface area contributed by atoms with E-state index >= 15 is 0 Å². The average molecular weight is 438 g/mol. The summed E-state index contributed by atoms with van der Waals surface area (Å²) in [4.78, 5) is 26.0. The van der Waals surface area contributed by atoms with E-state index in [0.717, 1.165) is 27.8 Å². The van der Waals surface area contributed by atoms with Crippen LogP contribution in [0.3, 0.4) is 0 Å². The zero-order chi connectivity index (χ0) is 23.3. The second-order valence-corrected chi connectivity index (χ2v) is 8.02. The summed E-state index contributed by atoms with van der Waals surface area (Å²) in [6.07, 6.45) is 2.28. The van der Waals surface area contributed by atoms with Gasteiger partial charge in [-0.1, -0.05) is 30.3 Å². The Hall–Kier alpha value is -3.28. The fourth-order valence-corrected chi connectivity index (χ4v) is 4.13. The molecule has 32 heavy (non-hydrogen) atoms. The molecular weight excluding hydrogens is 406 g/mol. The van der Waals surface area contributed by atoms with E-state index < -0.39 is 17.4 Å². The number of aryl methyl sites for hydroxylation is 1. The monoisotopic (exact) mass is 437 g/mol. The lowest BCUT2D eigenvalue weighted by Gasteiger charge is -2.29. The van der Waals surface area contributed by atoms with Gasteiger partial charge in [0.05, 0.1) is 20.3 Å². The highest BCUT2D eigenvalue weighted by molar-refractivity contribution is 6.00. The first-order chi connectivity index (χ1) is 15.3. The van der Waals surface area contributed by atoms with E-state index in [1.807, 2.05) is 43.4 Å². The number of nitrogens with zero attached hydrogens (tertiary/aromatic N) is 1. The van der Waals surface area contributed by atoms with E-state index in [0.29, 0.717) is 0 Å². The van der Waals surface area contributed by atoms with E-state index in [9.17, 15) is 9.59 Å². The fourth-order valence-electron chi connectivity index (χ4n) is 4.13. The van der Waals surface area contributed by atoms with Gasteiger partial charge in [-0.3, -0.25) is 9.59 Å². The predicted octanol–water partition coefficient (Wildman–Crippen LogP) is 4.84. The van der Waals surface area contributed by atoms with Crippen LogP contribution in [0.25, 0.3) is 10.9 Å². The minimum Gasteiger partial charge on any atom is -0.497 e. The largest absolute Gasteiger partial charge is 0.497 e. The Bertz CT molecular complexity index is 1070. The van der Waals surface area contributed by atoms with Gasteiger partial charge in [-0.15, -0.1) is 0 Å². The molecule has 170 valence electrons. The summed E-state index contributed by atoms with van der Waals surface area (Å²) >= 11 is 0. The minimum absolute atomic E-state index is 0.190. The van der Waals surface area contributed by atoms with Gasteiger partial charge < -0.3 is 18.8 Å². The van der Waals surface area contributed by atoms with Gasteiger partial charge in [-0.2, -0.15) is 0 Å². The molecule has 1 atom stereocenters. The zero-order valence-corrected chi connectivity index (χ0v) is 19.4. The van der Waals surface area contributed by atoms with Crippen molar-refractivity contribution < 1.29 is 23.8 Å². The van der Waals surface area contributed by atoms with E-state index in [-0.39, 0.29) is 25.6 Å². The molecule has 3 aromatic rings. The van der Waals surface area contributed by atoms with E-state index in [2.05, 4.69) is 22.9 Å². The highest BCUT2D eigenvalue weighted by Gasteiger charge is 2.46. The summed E-state index contributed by atoms with van der Waals surface area (Å²) in [7, 11) is 3.61. The van der Waals surface area contributed by atoms with Gasteiger partial charge in [0.15, 0.2) is 5.41 Å².